The van der Waals surface area contributed by atoms with E-state index < -0.39 is 30.9 Å². The Kier molecular flexibility index (Phi) is 10.6. The highest BCUT2D eigenvalue weighted by molar-refractivity contribution is 7.22. The predicted octanol–water partition coefficient (Wildman–Crippen LogP) is 6.06. The third kappa shape index (κ3) is 7.80. The van der Waals surface area contributed by atoms with Gasteiger partial charge in [-0.3, -0.25) is 29.4 Å². The number of hydrogen-bond acceptors (Lipinski definition) is 11. The second-order valence-corrected chi connectivity index (χ2v) is 17.2. The van der Waals surface area contributed by atoms with Gasteiger partial charge in [0.05, 0.1) is 16.0 Å². The smallest absolute Gasteiger partial charge is 0.488 e. The van der Waals surface area contributed by atoms with Crippen molar-refractivity contribution in [2.75, 3.05) is 36.0 Å². The molecule has 4 amide bonds. The first-order valence-corrected chi connectivity index (χ1v) is 21.3. The van der Waals surface area contributed by atoms with Gasteiger partial charge in [-0.1, -0.05) is 37.1 Å². The van der Waals surface area contributed by atoms with Crippen LogP contribution in [0.2, 0.25) is 0 Å². The van der Waals surface area contributed by atoms with Crippen LogP contribution in [0.4, 0.5) is 11.4 Å². The molecule has 5 aromatic rings. The number of benzene rings is 4. The molecular formula is C45H45BN4O8S. The lowest BCUT2D eigenvalue weighted by Crippen LogP contribution is -2.54. The van der Waals surface area contributed by atoms with Crippen molar-refractivity contribution in [2.24, 2.45) is 11.8 Å². The van der Waals surface area contributed by atoms with E-state index in [4.69, 9.17) is 4.74 Å². The highest BCUT2D eigenvalue weighted by Crippen LogP contribution is 2.47. The lowest BCUT2D eigenvalue weighted by molar-refractivity contribution is -0.136. The molecule has 3 saturated heterocycles. The predicted molar refractivity (Wildman–Crippen MR) is 227 cm³/mol. The maximum atomic E-state index is 13.3. The van der Waals surface area contributed by atoms with E-state index in [1.807, 2.05) is 36.4 Å². The second-order valence-electron chi connectivity index (χ2n) is 16.1. The van der Waals surface area contributed by atoms with E-state index in [1.165, 1.54) is 29.9 Å². The minimum Gasteiger partial charge on any atom is -0.508 e. The number of imide groups is 2. The number of nitrogens with zero attached hydrogens (tertiary/aromatic N) is 3. The standard InChI is InChI=1S/C45H45BN4O8S/c51-33-10-14-36-39(26-33)59-42(29-3-5-30(6-4-29)46(56)57)41(36)58-34-11-7-31(8-12-34)48-21-17-27(18-22-48)1-2-28-19-23-49(24-20-28)32-9-13-35-37(25-32)45(55)50(44(35)54)38-15-16-40(52)47-43(38)53/h3-14,25-28,38,51,56-57H,1-2,15-24H2,(H,47,52,53). The number of piperidine rings is 3. The van der Waals surface area contributed by atoms with Gasteiger partial charge in [-0.25, -0.2) is 0 Å². The highest BCUT2D eigenvalue weighted by atomic mass is 32.1. The van der Waals surface area contributed by atoms with Crippen LogP contribution in [-0.2, 0) is 9.59 Å². The first-order valence-electron chi connectivity index (χ1n) is 20.4. The summed E-state index contributed by atoms with van der Waals surface area (Å²) in [5.74, 6) is 0.991. The molecule has 0 aliphatic carbocycles. The van der Waals surface area contributed by atoms with Crippen LogP contribution in [0.3, 0.4) is 0 Å². The minimum atomic E-state index is -1.54. The zero-order chi connectivity index (χ0) is 40.8. The average molecular weight is 813 g/mol. The lowest BCUT2D eigenvalue weighted by atomic mass is 9.80. The van der Waals surface area contributed by atoms with E-state index in [1.54, 1.807) is 36.4 Å². The lowest BCUT2D eigenvalue weighted by Gasteiger charge is -2.36. The van der Waals surface area contributed by atoms with Gasteiger partial charge in [0.25, 0.3) is 11.8 Å². The maximum Gasteiger partial charge on any atom is 0.488 e. The summed E-state index contributed by atoms with van der Waals surface area (Å²) in [6.07, 6.45) is 7.11. The van der Waals surface area contributed by atoms with E-state index in [0.29, 0.717) is 39.9 Å². The Hall–Kier alpha value is -5.70. The molecule has 3 fully saturated rings. The Morgan fingerprint density at radius 3 is 1.98 bits per heavy atom. The Morgan fingerprint density at radius 1 is 0.712 bits per heavy atom. The molecule has 1 unspecified atom stereocenters. The van der Waals surface area contributed by atoms with Crippen LogP contribution in [0, 0.1) is 11.8 Å². The topological polar surface area (TPSA) is 160 Å². The largest absolute Gasteiger partial charge is 0.508 e. The monoisotopic (exact) mass is 812 g/mol. The fourth-order valence-corrected chi connectivity index (χ4v) is 10.3. The summed E-state index contributed by atoms with van der Waals surface area (Å²) in [5, 5.41) is 32.4. The molecule has 4 aliphatic rings. The van der Waals surface area contributed by atoms with Gasteiger partial charge in [0.15, 0.2) is 5.75 Å². The van der Waals surface area contributed by atoms with E-state index in [2.05, 4.69) is 27.2 Å². The van der Waals surface area contributed by atoms with Gasteiger partial charge in [-0.05, 0) is 116 Å². The van der Waals surface area contributed by atoms with Crippen molar-refractivity contribution in [2.45, 2.75) is 57.4 Å². The molecule has 0 saturated carbocycles. The van der Waals surface area contributed by atoms with Gasteiger partial charge < -0.3 is 29.7 Å². The van der Waals surface area contributed by atoms with Crippen molar-refractivity contribution in [1.82, 2.24) is 10.2 Å². The number of anilines is 2. The van der Waals surface area contributed by atoms with Crippen molar-refractivity contribution in [3.8, 4) is 27.7 Å². The van der Waals surface area contributed by atoms with E-state index in [0.717, 1.165) is 83.0 Å². The summed E-state index contributed by atoms with van der Waals surface area (Å²) in [6.45, 7) is 3.78. The van der Waals surface area contributed by atoms with Gasteiger partial charge in [0, 0.05) is 54.1 Å². The van der Waals surface area contributed by atoms with Crippen LogP contribution < -0.4 is 25.3 Å². The first kappa shape index (κ1) is 38.8. The summed E-state index contributed by atoms with van der Waals surface area (Å²) in [4.78, 5) is 57.2. The highest BCUT2D eigenvalue weighted by Gasteiger charge is 2.45. The zero-order valence-corrected chi connectivity index (χ0v) is 33.3. The molecule has 9 rings (SSSR count). The number of aromatic hydroxyl groups is 1. The number of phenols is 1. The van der Waals surface area contributed by atoms with Crippen molar-refractivity contribution in [1.29, 1.82) is 0 Å². The van der Waals surface area contributed by atoms with Crippen LogP contribution in [0.5, 0.6) is 17.2 Å². The molecule has 14 heteroatoms. The fourth-order valence-electron chi connectivity index (χ4n) is 9.09. The molecule has 1 atom stereocenters. The number of phenolic OH excluding ortho intramolecular Hbond substituents is 1. The van der Waals surface area contributed by atoms with Crippen molar-refractivity contribution < 1.29 is 39.1 Å². The maximum absolute atomic E-state index is 13.3. The van der Waals surface area contributed by atoms with Gasteiger partial charge in [-0.15, -0.1) is 11.3 Å². The average Bonchev–Trinajstić information content (AvgIpc) is 3.72. The molecule has 12 nitrogen and oxygen atoms in total. The normalized spacial score (nSPS) is 19.1. The Balaban J connectivity index is 0.757. The number of ether oxygens (including phenoxy) is 1. The summed E-state index contributed by atoms with van der Waals surface area (Å²) in [7, 11) is -1.54. The van der Waals surface area contributed by atoms with Crippen molar-refractivity contribution in [3.05, 3.63) is 96.1 Å². The Labute approximate surface area is 346 Å². The summed E-state index contributed by atoms with van der Waals surface area (Å²) >= 11 is 1.51. The summed E-state index contributed by atoms with van der Waals surface area (Å²) in [6, 6.07) is 25.0. The summed E-state index contributed by atoms with van der Waals surface area (Å²) in [5.41, 5.74) is 4.00. The van der Waals surface area contributed by atoms with Gasteiger partial charge >= 0.3 is 7.12 Å². The molecule has 5 heterocycles. The van der Waals surface area contributed by atoms with Crippen LogP contribution >= 0.6 is 11.3 Å². The Morgan fingerprint density at radius 2 is 1.34 bits per heavy atom. The molecule has 4 N–H and O–H groups in total. The fraction of sp³-hybridized carbons (Fsp3) is 0.333. The van der Waals surface area contributed by atoms with Gasteiger partial charge in [-0.2, -0.15) is 0 Å². The second kappa shape index (κ2) is 16.2. The third-order valence-corrected chi connectivity index (χ3v) is 13.7. The van der Waals surface area contributed by atoms with Crippen LogP contribution in [-0.4, -0.2) is 83.0 Å². The zero-order valence-electron chi connectivity index (χ0n) is 32.5. The molecular weight excluding hydrogens is 767 g/mol. The number of carbonyl (C=O) groups excluding carboxylic acids is 4. The van der Waals surface area contributed by atoms with Gasteiger partial charge in [0.2, 0.25) is 11.8 Å². The molecule has 1 aromatic heterocycles. The summed E-state index contributed by atoms with van der Waals surface area (Å²) < 4.78 is 7.42. The van der Waals surface area contributed by atoms with Crippen molar-refractivity contribution in [3.63, 3.8) is 0 Å². The number of hydrogen-bond donors (Lipinski definition) is 4. The molecule has 0 radical (unpaired) electrons. The number of amides is 4. The van der Waals surface area contributed by atoms with Gasteiger partial charge in [0.1, 0.15) is 17.5 Å². The van der Waals surface area contributed by atoms with Crippen LogP contribution in [0.25, 0.3) is 20.5 Å². The molecule has 0 bridgehead atoms. The number of rotatable bonds is 10. The molecule has 59 heavy (non-hydrogen) atoms. The first-order chi connectivity index (χ1) is 28.6. The number of fused-ring (bicyclic) bond motifs is 2. The molecule has 4 aliphatic heterocycles. The molecule has 0 spiro atoms. The van der Waals surface area contributed by atoms with E-state index in [9.17, 15) is 34.3 Å². The van der Waals surface area contributed by atoms with Crippen LogP contribution in [0.15, 0.2) is 84.9 Å². The SMILES string of the molecule is O=C1CCC(N2C(=O)c3ccc(N4CCC(CCC5CCN(c6ccc(Oc7c(-c8ccc(B(O)O)cc8)sc8cc(O)ccc78)cc6)CC5)CC4)cc3C2=O)C(=O)N1. The third-order valence-electron chi connectivity index (χ3n) is 12.5. The quantitative estimate of drug-likeness (QED) is 0.0965. The van der Waals surface area contributed by atoms with E-state index in [-0.39, 0.29) is 24.5 Å². The molecule has 4 aromatic carbocycles. The minimum absolute atomic E-state index is 0.0973. The van der Waals surface area contributed by atoms with Crippen molar-refractivity contribution >= 4 is 69.0 Å². The van der Waals surface area contributed by atoms with E-state index >= 15 is 0 Å². The Bertz CT molecular complexity index is 2420. The number of nitrogens with one attached hydrogen (secondary N) is 1. The number of carbonyl (C=O) groups is 4. The number of thiophene rings is 1. The van der Waals surface area contributed by atoms with Crippen LogP contribution in [0.1, 0.15) is 72.1 Å². The molecule has 302 valence electrons.